The summed E-state index contributed by atoms with van der Waals surface area (Å²) in [4.78, 5) is 4.47. The van der Waals surface area contributed by atoms with Gasteiger partial charge in [-0.1, -0.05) is 28.1 Å². The van der Waals surface area contributed by atoms with Gasteiger partial charge in [-0.2, -0.15) is 0 Å². The highest BCUT2D eigenvalue weighted by atomic mass is 79.9. The van der Waals surface area contributed by atoms with E-state index in [0.29, 0.717) is 6.61 Å². The number of rotatable bonds is 5. The van der Waals surface area contributed by atoms with Crippen LogP contribution < -0.4 is 5.32 Å². The number of hydrogen-bond donors (Lipinski definition) is 2. The topological polar surface area (TPSA) is 45.1 Å². The predicted molar refractivity (Wildman–Crippen MR) is 79.9 cm³/mol. The number of benzene rings is 1. The van der Waals surface area contributed by atoms with Crippen LogP contribution in [0, 0.1) is 5.41 Å². The smallest absolute Gasteiger partial charge is 0.0758 e. The number of halogens is 1. The van der Waals surface area contributed by atoms with Gasteiger partial charge in [-0.15, -0.1) is 0 Å². The van der Waals surface area contributed by atoms with Crippen molar-refractivity contribution in [3.05, 3.63) is 40.5 Å². The highest BCUT2D eigenvalue weighted by Crippen LogP contribution is 2.44. The molecule has 3 rings (SSSR count). The zero-order chi connectivity index (χ0) is 13.3. The maximum Gasteiger partial charge on any atom is 0.0758 e. The summed E-state index contributed by atoms with van der Waals surface area (Å²) in [5.41, 5.74) is 2.39. The van der Waals surface area contributed by atoms with Crippen LogP contribution in [0.5, 0.6) is 0 Å². The summed E-state index contributed by atoms with van der Waals surface area (Å²) >= 11 is 3.56. The molecule has 1 aliphatic rings. The van der Waals surface area contributed by atoms with Crippen LogP contribution in [0.4, 0.5) is 0 Å². The Kier molecular flexibility index (Phi) is 3.56. The molecular formula is C15H17BrN2O. The molecule has 19 heavy (non-hydrogen) atoms. The Morgan fingerprint density at radius 2 is 2.16 bits per heavy atom. The zero-order valence-corrected chi connectivity index (χ0v) is 12.3. The molecule has 1 heterocycles. The second kappa shape index (κ2) is 5.19. The minimum absolute atomic E-state index is 0.151. The van der Waals surface area contributed by atoms with Crippen molar-refractivity contribution in [2.24, 2.45) is 5.41 Å². The van der Waals surface area contributed by atoms with Gasteiger partial charge in [-0.05, 0) is 30.5 Å². The van der Waals surface area contributed by atoms with Crippen molar-refractivity contribution in [2.45, 2.75) is 19.4 Å². The number of hydrogen-bond acceptors (Lipinski definition) is 3. The molecule has 0 radical (unpaired) electrons. The second-order valence-electron chi connectivity index (χ2n) is 5.37. The summed E-state index contributed by atoms with van der Waals surface area (Å²) in [5.74, 6) is 0. The Balaban J connectivity index is 1.76. The van der Waals surface area contributed by atoms with Crippen molar-refractivity contribution in [1.82, 2.24) is 10.3 Å². The molecular weight excluding hydrogens is 304 g/mol. The molecule has 1 aliphatic carbocycles. The lowest BCUT2D eigenvalue weighted by molar-refractivity contribution is 0.207. The predicted octanol–water partition coefficient (Wildman–Crippen LogP) is 2.86. The monoisotopic (exact) mass is 320 g/mol. The van der Waals surface area contributed by atoms with E-state index in [1.54, 1.807) is 0 Å². The number of nitrogens with zero attached hydrogens (tertiary/aromatic N) is 1. The van der Waals surface area contributed by atoms with E-state index < -0.39 is 0 Å². The number of fused-ring (bicyclic) bond motifs is 1. The SMILES string of the molecule is OCC1(CNCc2ccc(Br)c3cccnc23)CC1. The number of aliphatic hydroxyl groups excluding tert-OH is 1. The summed E-state index contributed by atoms with van der Waals surface area (Å²) in [7, 11) is 0. The molecule has 0 amide bonds. The van der Waals surface area contributed by atoms with Gasteiger partial charge >= 0.3 is 0 Å². The van der Waals surface area contributed by atoms with Gasteiger partial charge in [0.15, 0.2) is 0 Å². The van der Waals surface area contributed by atoms with Crippen LogP contribution in [0.15, 0.2) is 34.9 Å². The Labute approximate surface area is 121 Å². The van der Waals surface area contributed by atoms with Crippen LogP contribution in [0.2, 0.25) is 0 Å². The summed E-state index contributed by atoms with van der Waals surface area (Å²) < 4.78 is 1.08. The molecule has 0 atom stereocenters. The van der Waals surface area contributed by atoms with E-state index in [-0.39, 0.29) is 5.41 Å². The van der Waals surface area contributed by atoms with Crippen LogP contribution in [0.25, 0.3) is 10.9 Å². The molecule has 0 unspecified atom stereocenters. The fraction of sp³-hybridized carbons (Fsp3) is 0.400. The first-order valence-corrected chi connectivity index (χ1v) is 7.37. The lowest BCUT2D eigenvalue weighted by Gasteiger charge is -2.13. The average Bonchev–Trinajstić information content (AvgIpc) is 3.22. The van der Waals surface area contributed by atoms with Gasteiger partial charge in [0.05, 0.1) is 5.52 Å². The van der Waals surface area contributed by atoms with E-state index in [2.05, 4.69) is 44.4 Å². The summed E-state index contributed by atoms with van der Waals surface area (Å²) in [6.07, 6.45) is 4.10. The molecule has 2 N–H and O–H groups in total. The molecule has 0 aliphatic heterocycles. The van der Waals surface area contributed by atoms with E-state index >= 15 is 0 Å². The molecule has 1 aromatic heterocycles. The first-order valence-electron chi connectivity index (χ1n) is 6.58. The van der Waals surface area contributed by atoms with Crippen molar-refractivity contribution in [3.8, 4) is 0 Å². The van der Waals surface area contributed by atoms with Gasteiger partial charge in [0.2, 0.25) is 0 Å². The van der Waals surface area contributed by atoms with Crippen molar-refractivity contribution in [1.29, 1.82) is 0 Å². The minimum Gasteiger partial charge on any atom is -0.396 e. The third-order valence-corrected chi connectivity index (χ3v) is 4.60. The average molecular weight is 321 g/mol. The zero-order valence-electron chi connectivity index (χ0n) is 10.7. The molecule has 100 valence electrons. The van der Waals surface area contributed by atoms with E-state index in [1.807, 2.05) is 12.3 Å². The quantitative estimate of drug-likeness (QED) is 0.890. The van der Waals surface area contributed by atoms with Gasteiger partial charge in [0, 0.05) is 41.2 Å². The minimum atomic E-state index is 0.151. The molecule has 0 spiro atoms. The highest BCUT2D eigenvalue weighted by Gasteiger charge is 2.41. The second-order valence-corrected chi connectivity index (χ2v) is 6.22. The van der Waals surface area contributed by atoms with Crippen LogP contribution in [-0.4, -0.2) is 23.2 Å². The molecule has 2 aromatic rings. The largest absolute Gasteiger partial charge is 0.396 e. The molecule has 3 nitrogen and oxygen atoms in total. The molecule has 4 heteroatoms. The van der Waals surface area contributed by atoms with Crippen molar-refractivity contribution in [2.75, 3.05) is 13.2 Å². The molecule has 0 saturated heterocycles. The van der Waals surface area contributed by atoms with Crippen LogP contribution in [-0.2, 0) is 6.54 Å². The normalized spacial score (nSPS) is 16.7. The van der Waals surface area contributed by atoms with Crippen LogP contribution >= 0.6 is 15.9 Å². The number of aromatic nitrogens is 1. The first-order chi connectivity index (χ1) is 9.24. The standard InChI is InChI=1S/C15H17BrN2O/c16-13-4-3-11(14-12(13)2-1-7-18-14)8-17-9-15(10-19)5-6-15/h1-4,7,17,19H,5-6,8-10H2. The van der Waals surface area contributed by atoms with Gasteiger partial charge in [-0.25, -0.2) is 0 Å². The van der Waals surface area contributed by atoms with Gasteiger partial charge in [0.1, 0.15) is 0 Å². The third kappa shape index (κ3) is 2.66. The first kappa shape index (κ1) is 13.0. The molecule has 1 saturated carbocycles. The van der Waals surface area contributed by atoms with Gasteiger partial charge < -0.3 is 10.4 Å². The van der Waals surface area contributed by atoms with Crippen molar-refractivity contribution < 1.29 is 5.11 Å². The van der Waals surface area contributed by atoms with E-state index in [1.165, 1.54) is 5.56 Å². The molecule has 1 aromatic carbocycles. The maximum atomic E-state index is 9.30. The van der Waals surface area contributed by atoms with E-state index in [4.69, 9.17) is 0 Å². The van der Waals surface area contributed by atoms with E-state index in [9.17, 15) is 5.11 Å². The Morgan fingerprint density at radius 3 is 2.89 bits per heavy atom. The maximum absolute atomic E-state index is 9.30. The van der Waals surface area contributed by atoms with Crippen LogP contribution in [0.1, 0.15) is 18.4 Å². The lowest BCUT2D eigenvalue weighted by Crippen LogP contribution is -2.26. The number of aliphatic hydroxyl groups is 1. The number of pyridine rings is 1. The van der Waals surface area contributed by atoms with Gasteiger partial charge in [-0.3, -0.25) is 4.98 Å². The Hall–Kier alpha value is -0.970. The van der Waals surface area contributed by atoms with E-state index in [0.717, 1.165) is 41.3 Å². The van der Waals surface area contributed by atoms with Crippen molar-refractivity contribution in [3.63, 3.8) is 0 Å². The Bertz CT molecular complexity index is 596. The summed E-state index contributed by atoms with van der Waals surface area (Å²) in [5, 5.41) is 13.9. The summed E-state index contributed by atoms with van der Waals surface area (Å²) in [6.45, 7) is 1.97. The fourth-order valence-corrected chi connectivity index (χ4v) is 2.82. The van der Waals surface area contributed by atoms with Crippen molar-refractivity contribution >= 4 is 26.8 Å². The fourth-order valence-electron chi connectivity index (χ4n) is 2.37. The molecule has 0 bridgehead atoms. The lowest BCUT2D eigenvalue weighted by atomic mass is 10.1. The highest BCUT2D eigenvalue weighted by molar-refractivity contribution is 9.10. The summed E-state index contributed by atoms with van der Waals surface area (Å²) in [6, 6.07) is 8.20. The van der Waals surface area contributed by atoms with Crippen LogP contribution in [0.3, 0.4) is 0 Å². The molecule has 1 fully saturated rings. The Morgan fingerprint density at radius 1 is 1.32 bits per heavy atom. The van der Waals surface area contributed by atoms with Gasteiger partial charge in [0.25, 0.3) is 0 Å². The third-order valence-electron chi connectivity index (χ3n) is 3.91. The number of nitrogens with one attached hydrogen (secondary N) is 1.